The Hall–Kier alpha value is -0.140. The van der Waals surface area contributed by atoms with Crippen LogP contribution in [0.1, 0.15) is 11.0 Å². The van der Waals surface area contributed by atoms with E-state index in [4.69, 9.17) is 10.2 Å². The van der Waals surface area contributed by atoms with Crippen LogP contribution in [0.2, 0.25) is 0 Å². The number of carboxylic acid groups (broad SMARTS) is 1. The second kappa shape index (κ2) is 3.51. The third-order valence-corrected chi connectivity index (χ3v) is 3.04. The summed E-state index contributed by atoms with van der Waals surface area (Å²) in [5, 5.41) is 17.4. The van der Waals surface area contributed by atoms with E-state index in [-0.39, 0.29) is 0 Å². The summed E-state index contributed by atoms with van der Waals surface area (Å²) in [6.07, 6.45) is -1.37. The van der Waals surface area contributed by atoms with E-state index in [1.54, 1.807) is 12.1 Å². The molecule has 0 bridgehead atoms. The highest BCUT2D eigenvalue weighted by molar-refractivity contribution is 14.1. The molecular formula is C6H5IO3S. The van der Waals surface area contributed by atoms with E-state index in [2.05, 4.69) is 22.6 Å². The quantitative estimate of drug-likeness (QED) is 0.809. The molecule has 0 aliphatic heterocycles. The van der Waals surface area contributed by atoms with Crippen molar-refractivity contribution in [2.24, 2.45) is 0 Å². The summed E-state index contributed by atoms with van der Waals surface area (Å²) in [6, 6.07) is 3.39. The first-order valence-electron chi connectivity index (χ1n) is 2.77. The summed E-state index contributed by atoms with van der Waals surface area (Å²) in [5.41, 5.74) is 0. The summed E-state index contributed by atoms with van der Waals surface area (Å²) >= 11 is 3.35. The molecule has 0 saturated heterocycles. The largest absolute Gasteiger partial charge is 0.479 e. The van der Waals surface area contributed by atoms with Crippen LogP contribution in [0.4, 0.5) is 0 Å². The molecular weight excluding hydrogens is 279 g/mol. The van der Waals surface area contributed by atoms with Crippen LogP contribution in [0, 0.1) is 2.88 Å². The molecule has 0 aliphatic rings. The van der Waals surface area contributed by atoms with Crippen molar-refractivity contribution in [3.05, 3.63) is 19.9 Å². The van der Waals surface area contributed by atoms with Crippen LogP contribution in [0.3, 0.4) is 0 Å². The minimum absolute atomic E-state index is 0.474. The van der Waals surface area contributed by atoms with Gasteiger partial charge in [0.25, 0.3) is 0 Å². The van der Waals surface area contributed by atoms with Crippen molar-refractivity contribution < 1.29 is 15.0 Å². The van der Waals surface area contributed by atoms with Crippen LogP contribution >= 0.6 is 33.9 Å². The first-order chi connectivity index (χ1) is 5.11. The van der Waals surface area contributed by atoms with Crippen molar-refractivity contribution >= 4 is 39.9 Å². The molecule has 0 radical (unpaired) electrons. The van der Waals surface area contributed by atoms with Crippen LogP contribution in [0.5, 0.6) is 0 Å². The van der Waals surface area contributed by atoms with Gasteiger partial charge < -0.3 is 10.2 Å². The van der Waals surface area contributed by atoms with Gasteiger partial charge in [-0.3, -0.25) is 0 Å². The molecule has 0 amide bonds. The molecule has 1 rings (SSSR count). The van der Waals surface area contributed by atoms with Gasteiger partial charge in [0.2, 0.25) is 0 Å². The Bertz CT molecular complexity index is 271. The molecule has 2 N–H and O–H groups in total. The fourth-order valence-electron chi connectivity index (χ4n) is 0.597. The van der Waals surface area contributed by atoms with E-state index < -0.39 is 12.1 Å². The number of hydrogen-bond donors (Lipinski definition) is 2. The van der Waals surface area contributed by atoms with Crippen molar-refractivity contribution in [3.8, 4) is 0 Å². The Morgan fingerprint density at radius 2 is 2.27 bits per heavy atom. The van der Waals surface area contributed by atoms with Gasteiger partial charge in [0.1, 0.15) is 0 Å². The standard InChI is InChI=1S/C6H5IO3S/c7-4-2-1-3(11-4)5(8)6(9)10/h1-2,5,8H,(H,9,10). The fourth-order valence-corrected chi connectivity index (χ4v) is 2.25. The molecule has 0 saturated carbocycles. The fraction of sp³-hybridized carbons (Fsp3) is 0.167. The molecule has 1 heterocycles. The zero-order valence-electron chi connectivity index (χ0n) is 5.32. The molecule has 60 valence electrons. The lowest BCUT2D eigenvalue weighted by Gasteiger charge is -1.99. The van der Waals surface area contributed by atoms with Crippen molar-refractivity contribution in [2.45, 2.75) is 6.10 Å². The molecule has 0 aliphatic carbocycles. The zero-order chi connectivity index (χ0) is 8.43. The van der Waals surface area contributed by atoms with Gasteiger partial charge in [-0.2, -0.15) is 0 Å². The van der Waals surface area contributed by atoms with Crippen LogP contribution in [0.15, 0.2) is 12.1 Å². The van der Waals surface area contributed by atoms with Gasteiger partial charge in [-0.15, -0.1) is 11.3 Å². The third kappa shape index (κ3) is 2.14. The molecule has 11 heavy (non-hydrogen) atoms. The minimum Gasteiger partial charge on any atom is -0.479 e. The topological polar surface area (TPSA) is 57.5 Å². The molecule has 0 aromatic carbocycles. The normalized spacial score (nSPS) is 12.9. The molecule has 0 spiro atoms. The highest BCUT2D eigenvalue weighted by atomic mass is 127. The van der Waals surface area contributed by atoms with Crippen LogP contribution in [0.25, 0.3) is 0 Å². The van der Waals surface area contributed by atoms with Gasteiger partial charge in [-0.1, -0.05) is 0 Å². The number of carboxylic acids is 1. The molecule has 3 nitrogen and oxygen atoms in total. The molecule has 1 atom stereocenters. The van der Waals surface area contributed by atoms with Gasteiger partial charge in [0.15, 0.2) is 6.10 Å². The highest BCUT2D eigenvalue weighted by Gasteiger charge is 2.17. The summed E-state index contributed by atoms with van der Waals surface area (Å²) in [4.78, 5) is 10.7. The lowest BCUT2D eigenvalue weighted by Crippen LogP contribution is -2.08. The number of thiophene rings is 1. The van der Waals surface area contributed by atoms with E-state index in [0.717, 1.165) is 2.88 Å². The first kappa shape index (κ1) is 8.95. The third-order valence-electron chi connectivity index (χ3n) is 1.10. The monoisotopic (exact) mass is 284 g/mol. The number of halogens is 1. The van der Waals surface area contributed by atoms with Crippen molar-refractivity contribution in [2.75, 3.05) is 0 Å². The Morgan fingerprint density at radius 3 is 2.64 bits per heavy atom. The Balaban J connectivity index is 2.84. The van der Waals surface area contributed by atoms with Gasteiger partial charge in [-0.05, 0) is 34.7 Å². The van der Waals surface area contributed by atoms with Crippen molar-refractivity contribution in [1.29, 1.82) is 0 Å². The summed E-state index contributed by atoms with van der Waals surface area (Å²) in [6.45, 7) is 0. The minimum atomic E-state index is -1.37. The Labute approximate surface area is 80.8 Å². The van der Waals surface area contributed by atoms with Crippen LogP contribution in [-0.4, -0.2) is 16.2 Å². The number of rotatable bonds is 2. The van der Waals surface area contributed by atoms with Gasteiger partial charge in [0, 0.05) is 4.88 Å². The van der Waals surface area contributed by atoms with E-state index in [9.17, 15) is 4.79 Å². The highest BCUT2D eigenvalue weighted by Crippen LogP contribution is 2.24. The molecule has 5 heteroatoms. The van der Waals surface area contributed by atoms with E-state index >= 15 is 0 Å². The van der Waals surface area contributed by atoms with Crippen LogP contribution in [-0.2, 0) is 4.79 Å². The molecule has 1 unspecified atom stereocenters. The van der Waals surface area contributed by atoms with E-state index in [0.29, 0.717) is 4.88 Å². The average molecular weight is 284 g/mol. The predicted molar refractivity (Wildman–Crippen MR) is 49.6 cm³/mol. The smallest absolute Gasteiger partial charge is 0.338 e. The lowest BCUT2D eigenvalue weighted by atomic mass is 10.3. The summed E-state index contributed by atoms with van der Waals surface area (Å²) in [5.74, 6) is -1.21. The van der Waals surface area contributed by atoms with Gasteiger partial charge >= 0.3 is 5.97 Å². The lowest BCUT2D eigenvalue weighted by molar-refractivity contribution is -0.146. The number of aliphatic carboxylic acids is 1. The molecule has 1 aromatic heterocycles. The molecule has 0 fully saturated rings. The predicted octanol–water partition coefficient (Wildman–Crippen LogP) is 1.47. The average Bonchev–Trinajstić information content (AvgIpc) is 2.34. The number of aliphatic hydroxyl groups excluding tert-OH is 1. The number of aliphatic hydroxyl groups is 1. The number of hydrogen-bond acceptors (Lipinski definition) is 3. The zero-order valence-corrected chi connectivity index (χ0v) is 8.29. The first-order valence-corrected chi connectivity index (χ1v) is 4.67. The van der Waals surface area contributed by atoms with Crippen molar-refractivity contribution in [1.82, 2.24) is 0 Å². The SMILES string of the molecule is O=C(O)C(O)c1ccc(I)s1. The summed E-state index contributed by atoms with van der Waals surface area (Å²) < 4.78 is 0.970. The van der Waals surface area contributed by atoms with Crippen LogP contribution < -0.4 is 0 Å². The second-order valence-electron chi connectivity index (χ2n) is 1.88. The van der Waals surface area contributed by atoms with Gasteiger partial charge in [0.05, 0.1) is 2.88 Å². The molecule has 1 aromatic rings. The Morgan fingerprint density at radius 1 is 1.64 bits per heavy atom. The summed E-state index contributed by atoms with van der Waals surface area (Å²) in [7, 11) is 0. The second-order valence-corrected chi connectivity index (χ2v) is 4.89. The Kier molecular flexibility index (Phi) is 2.85. The number of carbonyl (C=O) groups is 1. The maximum absolute atomic E-state index is 10.3. The maximum Gasteiger partial charge on any atom is 0.338 e. The van der Waals surface area contributed by atoms with Crippen molar-refractivity contribution in [3.63, 3.8) is 0 Å². The van der Waals surface area contributed by atoms with E-state index in [1.807, 2.05) is 0 Å². The van der Waals surface area contributed by atoms with Gasteiger partial charge in [-0.25, -0.2) is 4.79 Å². The maximum atomic E-state index is 10.3. The van der Waals surface area contributed by atoms with E-state index in [1.165, 1.54) is 11.3 Å².